The van der Waals surface area contributed by atoms with Crippen molar-refractivity contribution >= 4 is 11.6 Å². The summed E-state index contributed by atoms with van der Waals surface area (Å²) in [5.41, 5.74) is 6.50. The van der Waals surface area contributed by atoms with E-state index in [1.165, 1.54) is 6.20 Å². The van der Waals surface area contributed by atoms with Crippen LogP contribution in [-0.4, -0.2) is 58.1 Å². The number of rotatable bonds is 2. The van der Waals surface area contributed by atoms with Gasteiger partial charge in [-0.2, -0.15) is 5.10 Å². The van der Waals surface area contributed by atoms with Crippen LogP contribution in [0.2, 0.25) is 0 Å². The standard InChI is InChI=1S/C11H19N5O/c1-8(2)15-3-5-16(6-4-15)11(17)10-9(12)7-13-14-10/h7-8H,3-6,12H2,1-2H3,(H,13,14). The first-order chi connectivity index (χ1) is 8.09. The predicted molar refractivity (Wildman–Crippen MR) is 65.6 cm³/mol. The summed E-state index contributed by atoms with van der Waals surface area (Å²) in [6.45, 7) is 7.66. The van der Waals surface area contributed by atoms with E-state index in [1.54, 1.807) is 0 Å². The van der Waals surface area contributed by atoms with Crippen LogP contribution < -0.4 is 5.73 Å². The topological polar surface area (TPSA) is 78.2 Å². The summed E-state index contributed by atoms with van der Waals surface area (Å²) in [4.78, 5) is 16.3. The number of hydrogen-bond acceptors (Lipinski definition) is 4. The molecule has 1 aromatic rings. The number of nitrogens with zero attached hydrogens (tertiary/aromatic N) is 3. The van der Waals surface area contributed by atoms with Crippen molar-refractivity contribution in [3.8, 4) is 0 Å². The summed E-state index contributed by atoms with van der Waals surface area (Å²) in [6, 6.07) is 0.532. The number of hydrogen-bond donors (Lipinski definition) is 2. The van der Waals surface area contributed by atoms with Crippen molar-refractivity contribution in [2.24, 2.45) is 0 Å². The summed E-state index contributed by atoms with van der Waals surface area (Å²) >= 11 is 0. The number of piperazine rings is 1. The number of nitrogens with two attached hydrogens (primary N) is 1. The lowest BCUT2D eigenvalue weighted by Crippen LogP contribution is -2.50. The lowest BCUT2D eigenvalue weighted by molar-refractivity contribution is 0.0591. The molecular formula is C11H19N5O. The van der Waals surface area contributed by atoms with Crippen LogP contribution in [0.4, 0.5) is 5.69 Å². The second-order valence-electron chi connectivity index (χ2n) is 4.62. The fourth-order valence-corrected chi connectivity index (χ4v) is 2.07. The van der Waals surface area contributed by atoms with Gasteiger partial charge in [0.1, 0.15) is 5.69 Å². The zero-order valence-corrected chi connectivity index (χ0v) is 10.3. The third kappa shape index (κ3) is 2.41. The second kappa shape index (κ2) is 4.75. The molecular weight excluding hydrogens is 218 g/mol. The van der Waals surface area contributed by atoms with E-state index in [0.29, 0.717) is 17.4 Å². The van der Waals surface area contributed by atoms with Gasteiger partial charge in [-0.25, -0.2) is 0 Å². The molecule has 1 aliphatic heterocycles. The minimum absolute atomic E-state index is 0.0524. The van der Waals surface area contributed by atoms with E-state index in [9.17, 15) is 4.79 Å². The first-order valence-corrected chi connectivity index (χ1v) is 5.91. The fraction of sp³-hybridized carbons (Fsp3) is 0.636. The van der Waals surface area contributed by atoms with Gasteiger partial charge in [-0.3, -0.25) is 14.8 Å². The van der Waals surface area contributed by atoms with Crippen LogP contribution in [0.25, 0.3) is 0 Å². The minimum atomic E-state index is -0.0524. The molecule has 17 heavy (non-hydrogen) atoms. The lowest BCUT2D eigenvalue weighted by Gasteiger charge is -2.36. The van der Waals surface area contributed by atoms with Crippen LogP contribution in [0.5, 0.6) is 0 Å². The number of nitrogen functional groups attached to an aromatic ring is 1. The Kier molecular flexibility index (Phi) is 3.33. The molecule has 1 saturated heterocycles. The maximum atomic E-state index is 12.1. The van der Waals surface area contributed by atoms with Crippen LogP contribution in [-0.2, 0) is 0 Å². The molecule has 0 aromatic carbocycles. The predicted octanol–water partition coefficient (Wildman–Crippen LogP) is 0.158. The third-order valence-corrected chi connectivity index (χ3v) is 3.21. The first kappa shape index (κ1) is 11.9. The maximum Gasteiger partial charge on any atom is 0.274 e. The van der Waals surface area contributed by atoms with Crippen molar-refractivity contribution in [3.05, 3.63) is 11.9 Å². The van der Waals surface area contributed by atoms with Gasteiger partial charge in [-0.1, -0.05) is 0 Å². The molecule has 0 unspecified atom stereocenters. The molecule has 1 fully saturated rings. The molecule has 0 spiro atoms. The molecule has 1 aliphatic rings. The van der Waals surface area contributed by atoms with Gasteiger partial charge in [-0.15, -0.1) is 0 Å². The lowest BCUT2D eigenvalue weighted by atomic mass is 10.2. The Bertz CT molecular complexity index is 392. The van der Waals surface area contributed by atoms with Gasteiger partial charge in [0.15, 0.2) is 0 Å². The molecule has 0 aliphatic carbocycles. The molecule has 0 atom stereocenters. The van der Waals surface area contributed by atoms with E-state index in [-0.39, 0.29) is 5.91 Å². The van der Waals surface area contributed by atoms with Gasteiger partial charge in [0, 0.05) is 32.2 Å². The van der Waals surface area contributed by atoms with Crippen LogP contribution in [0, 0.1) is 0 Å². The highest BCUT2D eigenvalue weighted by molar-refractivity contribution is 5.97. The Labute approximate surface area is 101 Å². The summed E-state index contributed by atoms with van der Waals surface area (Å²) in [5.74, 6) is -0.0524. The van der Waals surface area contributed by atoms with Crippen molar-refractivity contribution in [2.45, 2.75) is 19.9 Å². The molecule has 0 radical (unpaired) electrons. The number of anilines is 1. The molecule has 0 bridgehead atoms. The summed E-state index contributed by atoms with van der Waals surface area (Å²) in [7, 11) is 0. The van der Waals surface area contributed by atoms with Gasteiger partial charge in [-0.05, 0) is 13.8 Å². The van der Waals surface area contributed by atoms with Crippen LogP contribution >= 0.6 is 0 Å². The number of aromatic nitrogens is 2. The van der Waals surface area contributed by atoms with E-state index in [2.05, 4.69) is 28.9 Å². The maximum absolute atomic E-state index is 12.1. The van der Waals surface area contributed by atoms with Crippen molar-refractivity contribution < 1.29 is 4.79 Å². The van der Waals surface area contributed by atoms with E-state index in [0.717, 1.165) is 26.2 Å². The Morgan fingerprint density at radius 1 is 1.41 bits per heavy atom. The van der Waals surface area contributed by atoms with Crippen molar-refractivity contribution in [3.63, 3.8) is 0 Å². The molecule has 6 heteroatoms. The Morgan fingerprint density at radius 2 is 2.06 bits per heavy atom. The number of nitrogens with one attached hydrogen (secondary N) is 1. The van der Waals surface area contributed by atoms with Crippen molar-refractivity contribution in [1.82, 2.24) is 20.0 Å². The summed E-state index contributed by atoms with van der Waals surface area (Å²) in [6.07, 6.45) is 1.47. The van der Waals surface area contributed by atoms with Crippen molar-refractivity contribution in [2.75, 3.05) is 31.9 Å². The zero-order valence-electron chi connectivity index (χ0n) is 10.3. The Morgan fingerprint density at radius 3 is 2.53 bits per heavy atom. The quantitative estimate of drug-likeness (QED) is 0.768. The van der Waals surface area contributed by atoms with Gasteiger partial charge >= 0.3 is 0 Å². The number of carbonyl (C=O) groups excluding carboxylic acids is 1. The Hall–Kier alpha value is -1.56. The van der Waals surface area contributed by atoms with Gasteiger partial charge in [0.05, 0.1) is 11.9 Å². The number of aromatic amines is 1. The van der Waals surface area contributed by atoms with Crippen molar-refractivity contribution in [1.29, 1.82) is 0 Å². The number of amides is 1. The molecule has 0 saturated carbocycles. The normalized spacial score (nSPS) is 17.7. The Balaban J connectivity index is 1.98. The largest absolute Gasteiger partial charge is 0.396 e. The van der Waals surface area contributed by atoms with E-state index in [4.69, 9.17) is 5.73 Å². The molecule has 1 amide bonds. The molecule has 6 nitrogen and oxygen atoms in total. The number of H-pyrrole nitrogens is 1. The molecule has 1 aromatic heterocycles. The van der Waals surface area contributed by atoms with Gasteiger partial charge in [0.25, 0.3) is 5.91 Å². The molecule has 2 heterocycles. The van der Waals surface area contributed by atoms with Crippen LogP contribution in [0.15, 0.2) is 6.20 Å². The second-order valence-corrected chi connectivity index (χ2v) is 4.62. The van der Waals surface area contributed by atoms with E-state index >= 15 is 0 Å². The van der Waals surface area contributed by atoms with E-state index < -0.39 is 0 Å². The van der Waals surface area contributed by atoms with Crippen LogP contribution in [0.3, 0.4) is 0 Å². The van der Waals surface area contributed by atoms with E-state index in [1.807, 2.05) is 4.90 Å². The molecule has 2 rings (SSSR count). The summed E-state index contributed by atoms with van der Waals surface area (Å²) < 4.78 is 0. The molecule has 94 valence electrons. The SMILES string of the molecule is CC(C)N1CCN(C(=O)c2[nH]ncc2N)CC1. The fourth-order valence-electron chi connectivity index (χ4n) is 2.07. The average molecular weight is 237 g/mol. The highest BCUT2D eigenvalue weighted by atomic mass is 16.2. The van der Waals surface area contributed by atoms with Crippen LogP contribution in [0.1, 0.15) is 24.3 Å². The minimum Gasteiger partial charge on any atom is -0.396 e. The highest BCUT2D eigenvalue weighted by Gasteiger charge is 2.25. The number of carbonyl (C=O) groups is 1. The monoisotopic (exact) mass is 237 g/mol. The average Bonchev–Trinajstić information content (AvgIpc) is 2.74. The first-order valence-electron chi connectivity index (χ1n) is 5.91. The highest BCUT2D eigenvalue weighted by Crippen LogP contribution is 2.13. The zero-order chi connectivity index (χ0) is 12.4. The third-order valence-electron chi connectivity index (χ3n) is 3.21. The van der Waals surface area contributed by atoms with Gasteiger partial charge in [0.2, 0.25) is 0 Å². The summed E-state index contributed by atoms with van der Waals surface area (Å²) in [5, 5.41) is 6.43. The van der Waals surface area contributed by atoms with Gasteiger partial charge < -0.3 is 10.6 Å². The smallest absolute Gasteiger partial charge is 0.274 e. The molecule has 3 N–H and O–H groups in total.